The van der Waals surface area contributed by atoms with Gasteiger partial charge in [-0.15, -0.1) is 0 Å². The fraction of sp³-hybridized carbons (Fsp3) is 0.929. The molecule has 0 aromatic rings. The summed E-state index contributed by atoms with van der Waals surface area (Å²) in [4.78, 5) is 2.39. The molecule has 1 unspecified atom stereocenters. The molecule has 0 aromatic carbocycles. The Balaban J connectivity index is 1.72. The molecule has 108 valence electrons. The SMILES string of the molecule is CCC(C#N)(CCCN1CCS(=O)CC1)NC1CC1. The monoisotopic (exact) mass is 283 g/mol. The van der Waals surface area contributed by atoms with Gasteiger partial charge in [0.2, 0.25) is 0 Å². The highest BCUT2D eigenvalue weighted by Crippen LogP contribution is 2.26. The lowest BCUT2D eigenvalue weighted by Crippen LogP contribution is -2.45. The predicted molar refractivity (Wildman–Crippen MR) is 78.3 cm³/mol. The fourth-order valence-electron chi connectivity index (χ4n) is 2.64. The van der Waals surface area contributed by atoms with Crippen molar-refractivity contribution in [1.82, 2.24) is 10.2 Å². The van der Waals surface area contributed by atoms with Crippen LogP contribution in [0.1, 0.15) is 39.0 Å². The Labute approximate surface area is 119 Å². The molecule has 0 radical (unpaired) electrons. The number of nitrogens with zero attached hydrogens (tertiary/aromatic N) is 2. The Bertz CT molecular complexity index is 354. The van der Waals surface area contributed by atoms with E-state index in [4.69, 9.17) is 0 Å². The lowest BCUT2D eigenvalue weighted by molar-refractivity contribution is 0.270. The van der Waals surface area contributed by atoms with Gasteiger partial charge in [-0.1, -0.05) is 6.92 Å². The highest BCUT2D eigenvalue weighted by Gasteiger charge is 2.34. The summed E-state index contributed by atoms with van der Waals surface area (Å²) in [6, 6.07) is 3.08. The molecular formula is C14H25N3OS. The first-order chi connectivity index (χ1) is 9.17. The average Bonchev–Trinajstić information content (AvgIpc) is 3.24. The second kappa shape index (κ2) is 6.83. The van der Waals surface area contributed by atoms with Gasteiger partial charge in [0.1, 0.15) is 5.54 Å². The molecule has 0 bridgehead atoms. The summed E-state index contributed by atoms with van der Waals surface area (Å²) in [5.41, 5.74) is -0.320. The minimum atomic E-state index is -0.593. The van der Waals surface area contributed by atoms with E-state index in [1.165, 1.54) is 12.8 Å². The standard InChI is InChI=1S/C14H25N3OS/c1-2-14(12-15,16-13-4-5-13)6-3-7-17-8-10-19(18)11-9-17/h13,16H,2-11H2,1H3. The molecule has 0 spiro atoms. The average molecular weight is 283 g/mol. The van der Waals surface area contributed by atoms with E-state index in [0.717, 1.165) is 50.4 Å². The molecule has 19 heavy (non-hydrogen) atoms. The number of nitriles is 1. The van der Waals surface area contributed by atoms with E-state index in [1.54, 1.807) is 0 Å². The van der Waals surface area contributed by atoms with Gasteiger partial charge in [-0.05, 0) is 38.6 Å². The Kier molecular flexibility index (Phi) is 5.37. The van der Waals surface area contributed by atoms with Crippen LogP contribution in [0.5, 0.6) is 0 Å². The van der Waals surface area contributed by atoms with E-state index in [0.29, 0.717) is 6.04 Å². The highest BCUT2D eigenvalue weighted by molar-refractivity contribution is 7.85. The zero-order chi connectivity index (χ0) is 13.7. The van der Waals surface area contributed by atoms with Gasteiger partial charge < -0.3 is 4.90 Å². The van der Waals surface area contributed by atoms with E-state index in [9.17, 15) is 9.47 Å². The lowest BCUT2D eigenvalue weighted by atomic mass is 9.91. The van der Waals surface area contributed by atoms with Crippen LogP contribution in [0, 0.1) is 11.3 Å². The third-order valence-electron chi connectivity index (χ3n) is 4.22. The molecule has 1 saturated carbocycles. The van der Waals surface area contributed by atoms with Crippen molar-refractivity contribution < 1.29 is 4.21 Å². The molecule has 5 heteroatoms. The summed E-state index contributed by atoms with van der Waals surface area (Å²) in [6.45, 7) is 5.04. The van der Waals surface area contributed by atoms with Crippen LogP contribution in [0.25, 0.3) is 0 Å². The van der Waals surface area contributed by atoms with E-state index in [1.807, 2.05) is 0 Å². The number of nitrogens with one attached hydrogen (secondary N) is 1. The molecule has 2 aliphatic rings. The Hall–Kier alpha value is -0.440. The van der Waals surface area contributed by atoms with Crippen LogP contribution < -0.4 is 5.32 Å². The lowest BCUT2D eigenvalue weighted by Gasteiger charge is -2.30. The van der Waals surface area contributed by atoms with Crippen molar-refractivity contribution in [3.05, 3.63) is 0 Å². The van der Waals surface area contributed by atoms with Crippen LogP contribution >= 0.6 is 0 Å². The van der Waals surface area contributed by atoms with Crippen LogP contribution in [0.15, 0.2) is 0 Å². The Morgan fingerprint density at radius 1 is 1.42 bits per heavy atom. The van der Waals surface area contributed by atoms with Crippen molar-refractivity contribution in [2.75, 3.05) is 31.1 Å². The second-order valence-electron chi connectivity index (χ2n) is 5.76. The summed E-state index contributed by atoms with van der Waals surface area (Å²) in [7, 11) is -0.593. The van der Waals surface area contributed by atoms with Crippen molar-refractivity contribution in [2.24, 2.45) is 0 Å². The first-order valence-electron chi connectivity index (χ1n) is 7.44. The van der Waals surface area contributed by atoms with Crippen LogP contribution in [0.3, 0.4) is 0 Å². The Morgan fingerprint density at radius 3 is 2.63 bits per heavy atom. The molecule has 1 heterocycles. The molecule has 2 fully saturated rings. The van der Waals surface area contributed by atoms with Gasteiger partial charge in [-0.25, -0.2) is 0 Å². The van der Waals surface area contributed by atoms with Gasteiger partial charge in [-0.2, -0.15) is 5.26 Å². The van der Waals surface area contributed by atoms with Crippen molar-refractivity contribution in [1.29, 1.82) is 5.26 Å². The topological polar surface area (TPSA) is 56.1 Å². The van der Waals surface area contributed by atoms with Crippen LogP contribution in [-0.4, -0.2) is 51.8 Å². The van der Waals surface area contributed by atoms with Crippen LogP contribution in [0.4, 0.5) is 0 Å². The molecule has 1 aliphatic carbocycles. The third-order valence-corrected chi connectivity index (χ3v) is 5.50. The van der Waals surface area contributed by atoms with Gasteiger partial charge >= 0.3 is 0 Å². The van der Waals surface area contributed by atoms with Crippen molar-refractivity contribution in [2.45, 2.75) is 50.6 Å². The number of hydrogen-bond donors (Lipinski definition) is 1. The Morgan fingerprint density at radius 2 is 2.11 bits per heavy atom. The van der Waals surface area contributed by atoms with Crippen LogP contribution in [0.2, 0.25) is 0 Å². The highest BCUT2D eigenvalue weighted by atomic mass is 32.2. The maximum Gasteiger partial charge on any atom is 0.106 e. The molecule has 0 amide bonds. The fourth-order valence-corrected chi connectivity index (χ4v) is 3.77. The van der Waals surface area contributed by atoms with Gasteiger partial charge in [0, 0.05) is 41.4 Å². The summed E-state index contributed by atoms with van der Waals surface area (Å²) in [5, 5.41) is 13.0. The first-order valence-corrected chi connectivity index (χ1v) is 8.92. The summed E-state index contributed by atoms with van der Waals surface area (Å²) in [5.74, 6) is 1.63. The van der Waals surface area contributed by atoms with Crippen molar-refractivity contribution in [3.63, 3.8) is 0 Å². The largest absolute Gasteiger partial charge is 0.302 e. The van der Waals surface area contributed by atoms with Gasteiger partial charge in [0.25, 0.3) is 0 Å². The zero-order valence-corrected chi connectivity index (χ0v) is 12.7. The molecular weight excluding hydrogens is 258 g/mol. The maximum absolute atomic E-state index is 11.3. The van der Waals surface area contributed by atoms with Gasteiger partial charge in [0.05, 0.1) is 6.07 Å². The molecule has 2 rings (SSSR count). The van der Waals surface area contributed by atoms with Crippen molar-refractivity contribution >= 4 is 10.8 Å². The van der Waals surface area contributed by atoms with E-state index < -0.39 is 10.8 Å². The third kappa shape index (κ3) is 4.55. The minimum absolute atomic E-state index is 0.320. The molecule has 1 saturated heterocycles. The zero-order valence-electron chi connectivity index (χ0n) is 11.9. The summed E-state index contributed by atoms with van der Waals surface area (Å²) < 4.78 is 11.3. The molecule has 1 aliphatic heterocycles. The van der Waals surface area contributed by atoms with Crippen LogP contribution in [-0.2, 0) is 10.8 Å². The smallest absolute Gasteiger partial charge is 0.106 e. The van der Waals surface area contributed by atoms with Gasteiger partial charge in [-0.3, -0.25) is 9.53 Å². The normalized spacial score (nSPS) is 24.8. The number of rotatable bonds is 7. The maximum atomic E-state index is 11.3. The molecule has 0 aromatic heterocycles. The second-order valence-corrected chi connectivity index (χ2v) is 7.46. The van der Waals surface area contributed by atoms with E-state index in [-0.39, 0.29) is 5.54 Å². The van der Waals surface area contributed by atoms with E-state index >= 15 is 0 Å². The quantitative estimate of drug-likeness (QED) is 0.764. The van der Waals surface area contributed by atoms with Crippen molar-refractivity contribution in [3.8, 4) is 6.07 Å². The summed E-state index contributed by atoms with van der Waals surface area (Å²) >= 11 is 0. The minimum Gasteiger partial charge on any atom is -0.302 e. The predicted octanol–water partition coefficient (Wildman–Crippen LogP) is 1.26. The molecule has 1 N–H and O–H groups in total. The number of hydrogen-bond acceptors (Lipinski definition) is 4. The first kappa shape index (κ1) is 15.0. The molecule has 1 atom stereocenters. The van der Waals surface area contributed by atoms with Gasteiger partial charge in [0.15, 0.2) is 0 Å². The summed E-state index contributed by atoms with van der Waals surface area (Å²) in [6.07, 6.45) is 5.30. The van der Waals surface area contributed by atoms with E-state index in [2.05, 4.69) is 23.2 Å². The molecule has 4 nitrogen and oxygen atoms in total.